The van der Waals surface area contributed by atoms with Gasteiger partial charge in [0.2, 0.25) is 0 Å². The first-order chi connectivity index (χ1) is 9.82. The summed E-state index contributed by atoms with van der Waals surface area (Å²) in [5, 5.41) is 9.60. The van der Waals surface area contributed by atoms with Gasteiger partial charge in [0, 0.05) is 12.6 Å². The Kier molecular flexibility index (Phi) is 4.09. The number of carboxylic acids is 1. The molecule has 5 nitrogen and oxygen atoms in total. The Labute approximate surface area is 127 Å². The van der Waals surface area contributed by atoms with Crippen molar-refractivity contribution in [3.63, 3.8) is 0 Å². The third-order valence-corrected chi connectivity index (χ3v) is 4.44. The Balaban J connectivity index is 2.40. The lowest BCUT2D eigenvalue weighted by Crippen LogP contribution is -2.27. The van der Waals surface area contributed by atoms with Gasteiger partial charge in [-0.1, -0.05) is 6.07 Å². The summed E-state index contributed by atoms with van der Waals surface area (Å²) in [6.07, 6.45) is 0. The van der Waals surface area contributed by atoms with E-state index in [-0.39, 0.29) is 11.5 Å². The van der Waals surface area contributed by atoms with Crippen LogP contribution in [0.2, 0.25) is 0 Å². The molecule has 0 aliphatic heterocycles. The molecule has 0 radical (unpaired) electrons. The predicted octanol–water partition coefficient (Wildman–Crippen LogP) is 3.04. The monoisotopic (exact) mass is 304 g/mol. The standard InChI is InChI=1S/C15H16N2O3S/c1-8-5-6-11(7-9(8)2)13(18)17(4)14-12(15(19)20)10(3)16-21-14/h5-7H,1-4H3,(H,19,20). The smallest absolute Gasteiger partial charge is 0.340 e. The molecule has 0 saturated heterocycles. The van der Waals surface area contributed by atoms with Crippen LogP contribution >= 0.6 is 11.5 Å². The number of aryl methyl sites for hydroxylation is 3. The number of hydrogen-bond acceptors (Lipinski definition) is 4. The van der Waals surface area contributed by atoms with Crippen molar-refractivity contribution in [3.8, 4) is 0 Å². The van der Waals surface area contributed by atoms with Crippen LogP contribution in [0.4, 0.5) is 5.00 Å². The number of carbonyl (C=O) groups is 2. The average Bonchev–Trinajstić information content (AvgIpc) is 2.82. The number of amides is 1. The highest BCUT2D eigenvalue weighted by Gasteiger charge is 2.24. The second kappa shape index (κ2) is 5.65. The van der Waals surface area contributed by atoms with Crippen LogP contribution in [0.25, 0.3) is 0 Å². The number of carbonyl (C=O) groups excluding carboxylic acids is 1. The van der Waals surface area contributed by atoms with Gasteiger partial charge in [0.15, 0.2) is 0 Å². The van der Waals surface area contributed by atoms with Gasteiger partial charge < -0.3 is 10.0 Å². The van der Waals surface area contributed by atoms with Gasteiger partial charge in [0.25, 0.3) is 5.91 Å². The lowest BCUT2D eigenvalue weighted by molar-refractivity contribution is 0.0697. The van der Waals surface area contributed by atoms with Crippen molar-refractivity contribution in [1.82, 2.24) is 4.37 Å². The largest absolute Gasteiger partial charge is 0.478 e. The Hall–Kier alpha value is -2.21. The topological polar surface area (TPSA) is 70.5 Å². The summed E-state index contributed by atoms with van der Waals surface area (Å²) in [4.78, 5) is 25.1. The van der Waals surface area contributed by atoms with Gasteiger partial charge in [0.1, 0.15) is 10.6 Å². The second-order valence-corrected chi connectivity index (χ2v) is 5.67. The Morgan fingerprint density at radius 1 is 1.19 bits per heavy atom. The number of aromatic carboxylic acids is 1. The van der Waals surface area contributed by atoms with Crippen molar-refractivity contribution in [2.45, 2.75) is 20.8 Å². The number of anilines is 1. The van der Waals surface area contributed by atoms with Gasteiger partial charge in [0.05, 0.1) is 5.69 Å². The maximum atomic E-state index is 12.5. The van der Waals surface area contributed by atoms with Gasteiger partial charge in [-0.15, -0.1) is 0 Å². The normalized spacial score (nSPS) is 10.5. The number of nitrogens with zero attached hydrogens (tertiary/aromatic N) is 2. The van der Waals surface area contributed by atoms with Gasteiger partial charge in [-0.25, -0.2) is 4.79 Å². The van der Waals surface area contributed by atoms with Crippen LogP contribution in [-0.4, -0.2) is 28.4 Å². The van der Waals surface area contributed by atoms with Crippen LogP contribution in [0, 0.1) is 20.8 Å². The molecule has 21 heavy (non-hydrogen) atoms. The van der Waals surface area contributed by atoms with Crippen molar-refractivity contribution in [1.29, 1.82) is 0 Å². The molecule has 0 unspecified atom stereocenters. The first kappa shape index (κ1) is 15.2. The van der Waals surface area contributed by atoms with Crippen LogP contribution < -0.4 is 4.90 Å². The van der Waals surface area contributed by atoms with Crippen molar-refractivity contribution >= 4 is 28.4 Å². The molecular formula is C15H16N2O3S. The van der Waals surface area contributed by atoms with Gasteiger partial charge in [-0.2, -0.15) is 4.37 Å². The van der Waals surface area contributed by atoms with E-state index in [1.165, 1.54) is 4.90 Å². The quantitative estimate of drug-likeness (QED) is 0.946. The van der Waals surface area contributed by atoms with E-state index in [0.717, 1.165) is 22.7 Å². The van der Waals surface area contributed by atoms with E-state index in [9.17, 15) is 14.7 Å². The Morgan fingerprint density at radius 2 is 1.86 bits per heavy atom. The van der Waals surface area contributed by atoms with E-state index in [1.807, 2.05) is 26.0 Å². The molecule has 110 valence electrons. The molecule has 0 atom stereocenters. The summed E-state index contributed by atoms with van der Waals surface area (Å²) in [6.45, 7) is 5.53. The van der Waals surface area contributed by atoms with E-state index in [4.69, 9.17) is 0 Å². The summed E-state index contributed by atoms with van der Waals surface area (Å²) in [6, 6.07) is 5.43. The fourth-order valence-corrected chi connectivity index (χ4v) is 2.84. The molecular weight excluding hydrogens is 288 g/mol. The zero-order valence-corrected chi connectivity index (χ0v) is 13.1. The number of hydrogen-bond donors (Lipinski definition) is 1. The molecule has 0 saturated carbocycles. The molecule has 1 amide bonds. The van der Waals surface area contributed by atoms with Gasteiger partial charge in [-0.05, 0) is 55.6 Å². The van der Waals surface area contributed by atoms with Crippen LogP contribution in [0.5, 0.6) is 0 Å². The molecule has 0 aliphatic carbocycles. The number of rotatable bonds is 3. The molecule has 1 aromatic heterocycles. The fourth-order valence-electron chi connectivity index (χ4n) is 1.99. The lowest BCUT2D eigenvalue weighted by atomic mass is 10.1. The van der Waals surface area contributed by atoms with Crippen molar-refractivity contribution in [3.05, 3.63) is 46.1 Å². The first-order valence-corrected chi connectivity index (χ1v) is 7.15. The second-order valence-electron chi connectivity index (χ2n) is 4.92. The van der Waals surface area contributed by atoms with E-state index in [0.29, 0.717) is 16.3 Å². The van der Waals surface area contributed by atoms with Crippen LogP contribution in [0.1, 0.15) is 37.5 Å². The molecule has 0 spiro atoms. The third-order valence-electron chi connectivity index (χ3n) is 3.42. The molecule has 1 aromatic carbocycles. The summed E-state index contributed by atoms with van der Waals surface area (Å²) in [5.74, 6) is -1.32. The Morgan fingerprint density at radius 3 is 2.43 bits per heavy atom. The number of aromatic nitrogens is 1. The summed E-state index contributed by atoms with van der Waals surface area (Å²) in [7, 11) is 1.57. The highest BCUT2D eigenvalue weighted by molar-refractivity contribution is 7.11. The molecule has 6 heteroatoms. The zero-order chi connectivity index (χ0) is 15.7. The molecule has 0 aliphatic rings. The summed E-state index contributed by atoms with van der Waals surface area (Å²) >= 11 is 1.02. The minimum absolute atomic E-state index is 0.0830. The average molecular weight is 304 g/mol. The highest BCUT2D eigenvalue weighted by Crippen LogP contribution is 2.29. The minimum Gasteiger partial charge on any atom is -0.478 e. The van der Waals surface area contributed by atoms with E-state index < -0.39 is 5.97 Å². The van der Waals surface area contributed by atoms with E-state index >= 15 is 0 Å². The first-order valence-electron chi connectivity index (χ1n) is 6.37. The number of carboxylic acid groups (broad SMARTS) is 1. The van der Waals surface area contributed by atoms with E-state index in [1.54, 1.807) is 20.0 Å². The fraction of sp³-hybridized carbons (Fsp3) is 0.267. The van der Waals surface area contributed by atoms with E-state index in [2.05, 4.69) is 4.37 Å². The van der Waals surface area contributed by atoms with Crippen molar-refractivity contribution in [2.24, 2.45) is 0 Å². The zero-order valence-electron chi connectivity index (χ0n) is 12.3. The van der Waals surface area contributed by atoms with Crippen LogP contribution in [0.15, 0.2) is 18.2 Å². The van der Waals surface area contributed by atoms with Crippen molar-refractivity contribution in [2.75, 3.05) is 11.9 Å². The molecule has 0 fully saturated rings. The lowest BCUT2D eigenvalue weighted by Gasteiger charge is -2.16. The maximum Gasteiger partial charge on any atom is 0.340 e. The Bertz CT molecular complexity index is 722. The number of benzene rings is 1. The molecule has 1 N–H and O–H groups in total. The molecule has 2 rings (SSSR count). The molecule has 0 bridgehead atoms. The van der Waals surface area contributed by atoms with Crippen molar-refractivity contribution < 1.29 is 14.7 Å². The summed E-state index contributed by atoms with van der Waals surface area (Å²) < 4.78 is 4.03. The van der Waals surface area contributed by atoms with Gasteiger partial charge >= 0.3 is 5.97 Å². The molecule has 2 aromatic rings. The molecule has 1 heterocycles. The highest BCUT2D eigenvalue weighted by atomic mass is 32.1. The predicted molar refractivity (Wildman–Crippen MR) is 82.5 cm³/mol. The van der Waals surface area contributed by atoms with Crippen LogP contribution in [-0.2, 0) is 0 Å². The maximum absolute atomic E-state index is 12.5. The van der Waals surface area contributed by atoms with Crippen LogP contribution in [0.3, 0.4) is 0 Å². The SMILES string of the molecule is Cc1ccc(C(=O)N(C)c2snc(C)c2C(=O)O)cc1C. The summed E-state index contributed by atoms with van der Waals surface area (Å²) in [5.41, 5.74) is 3.16. The minimum atomic E-state index is -1.07. The third kappa shape index (κ3) is 2.80. The van der Waals surface area contributed by atoms with Gasteiger partial charge in [-0.3, -0.25) is 4.79 Å².